The summed E-state index contributed by atoms with van der Waals surface area (Å²) in [4.78, 5) is 0. The lowest BCUT2D eigenvalue weighted by Gasteiger charge is -2.30. The molecule has 2 heteroatoms. The summed E-state index contributed by atoms with van der Waals surface area (Å²) in [6.07, 6.45) is 0. The zero-order chi connectivity index (χ0) is 13.3. The number of para-hydroxylation sites is 1. The number of benzene rings is 1. The summed E-state index contributed by atoms with van der Waals surface area (Å²) < 4.78 is 6.06. The lowest BCUT2D eigenvalue weighted by atomic mass is 9.80. The summed E-state index contributed by atoms with van der Waals surface area (Å²) in [7, 11) is 0. The van der Waals surface area contributed by atoms with E-state index in [1.54, 1.807) is 0 Å². The molecule has 1 nitrogen and oxygen atoms in total. The van der Waals surface area contributed by atoms with Crippen molar-refractivity contribution in [2.24, 2.45) is 0 Å². The van der Waals surface area contributed by atoms with Crippen LogP contribution in [0.1, 0.15) is 52.7 Å². The van der Waals surface area contributed by atoms with E-state index in [2.05, 4.69) is 65.5 Å². The maximum atomic E-state index is 6.06. The molecule has 0 aliphatic rings. The molecular weight excluding hydrogens is 223 g/mol. The summed E-state index contributed by atoms with van der Waals surface area (Å²) in [6, 6.07) is 6.56. The smallest absolute Gasteiger partial charge is 0.518 e. The average Bonchev–Trinajstić information content (AvgIpc) is 2.15. The Morgan fingerprint density at radius 2 is 1.29 bits per heavy atom. The van der Waals surface area contributed by atoms with Gasteiger partial charge in [0, 0.05) is 0 Å². The van der Waals surface area contributed by atoms with E-state index >= 15 is 0 Å². The van der Waals surface area contributed by atoms with Crippen LogP contribution in [0, 0.1) is 0 Å². The predicted octanol–water partition coefficient (Wildman–Crippen LogP) is 4.06. The molecule has 0 aliphatic carbocycles. The molecule has 1 rings (SSSR count). The maximum absolute atomic E-state index is 6.06. The predicted molar refractivity (Wildman–Crippen MR) is 77.5 cm³/mol. The minimum Gasteiger partial charge on any atom is -0.645 e. The fourth-order valence-corrected chi connectivity index (χ4v) is 2.62. The van der Waals surface area contributed by atoms with Crippen molar-refractivity contribution < 1.29 is 3.79 Å². The molecule has 0 heterocycles. The van der Waals surface area contributed by atoms with Crippen molar-refractivity contribution in [1.29, 1.82) is 0 Å². The molecule has 0 aromatic heterocycles. The van der Waals surface area contributed by atoms with Crippen LogP contribution in [-0.2, 0) is 10.8 Å². The molecule has 0 unspecified atom stereocenters. The lowest BCUT2D eigenvalue weighted by Crippen LogP contribution is -2.20. The van der Waals surface area contributed by atoms with Crippen LogP contribution in [0.3, 0.4) is 0 Å². The van der Waals surface area contributed by atoms with E-state index in [0.29, 0.717) is 0 Å². The van der Waals surface area contributed by atoms with Crippen LogP contribution in [0.2, 0.25) is 5.79 Å². The largest absolute Gasteiger partial charge is 0.645 e. The van der Waals surface area contributed by atoms with E-state index in [-0.39, 0.29) is 10.8 Å². The Hall–Kier alpha value is -0.448. The molecule has 0 fully saturated rings. The molecule has 1 aromatic carbocycles. The molecule has 94 valence electrons. The molecular formula is C15H25AlO. The van der Waals surface area contributed by atoms with E-state index in [1.165, 1.54) is 11.1 Å². The van der Waals surface area contributed by atoms with Crippen molar-refractivity contribution >= 4 is 15.6 Å². The van der Waals surface area contributed by atoms with Gasteiger partial charge in [0.15, 0.2) is 0 Å². The van der Waals surface area contributed by atoms with Gasteiger partial charge in [0.05, 0.1) is 5.75 Å². The molecule has 0 saturated carbocycles. The lowest BCUT2D eigenvalue weighted by molar-refractivity contribution is 0.495. The van der Waals surface area contributed by atoms with Gasteiger partial charge in [-0.15, -0.1) is 0 Å². The van der Waals surface area contributed by atoms with Gasteiger partial charge in [-0.25, -0.2) is 0 Å². The first-order valence-electron chi connectivity index (χ1n) is 6.44. The third-order valence-corrected chi connectivity index (χ3v) is 3.50. The highest BCUT2D eigenvalue weighted by atomic mass is 27.1. The van der Waals surface area contributed by atoms with Crippen LogP contribution >= 0.6 is 0 Å². The minimum atomic E-state index is -0.443. The third kappa shape index (κ3) is 3.50. The van der Waals surface area contributed by atoms with Crippen molar-refractivity contribution in [2.75, 3.05) is 0 Å². The second-order valence-electron chi connectivity index (χ2n) is 6.62. The second kappa shape index (κ2) is 5.04. The highest BCUT2D eigenvalue weighted by molar-refractivity contribution is 6.26. The quantitative estimate of drug-likeness (QED) is 0.717. The van der Waals surface area contributed by atoms with E-state index in [9.17, 15) is 0 Å². The second-order valence-corrected chi connectivity index (χ2v) is 7.48. The van der Waals surface area contributed by atoms with Crippen LogP contribution in [0.25, 0.3) is 0 Å². The summed E-state index contributed by atoms with van der Waals surface area (Å²) in [5.74, 6) is 3.33. The van der Waals surface area contributed by atoms with Gasteiger partial charge in [0.2, 0.25) is 0 Å². The van der Waals surface area contributed by atoms with Gasteiger partial charge in [0.25, 0.3) is 0 Å². The van der Waals surface area contributed by atoms with Crippen LogP contribution in [0.4, 0.5) is 0 Å². The van der Waals surface area contributed by atoms with Gasteiger partial charge in [-0.2, -0.15) is 0 Å². The Bertz CT molecular complexity index is 351. The molecule has 1 aromatic rings. The molecule has 0 spiro atoms. The molecule has 0 bridgehead atoms. The van der Waals surface area contributed by atoms with Gasteiger partial charge in [-0.3, -0.25) is 0 Å². The number of hydrogen-bond acceptors (Lipinski definition) is 1. The van der Waals surface area contributed by atoms with Crippen molar-refractivity contribution in [2.45, 2.75) is 58.2 Å². The van der Waals surface area contributed by atoms with Gasteiger partial charge in [-0.05, 0) is 22.0 Å². The Labute approximate surface area is 113 Å². The van der Waals surface area contributed by atoms with Crippen LogP contribution in [-0.4, -0.2) is 15.6 Å². The topological polar surface area (TPSA) is 9.23 Å². The third-order valence-electron chi connectivity index (χ3n) is 2.92. The highest BCUT2D eigenvalue weighted by Gasteiger charge is 2.25. The minimum absolute atomic E-state index is 0.139. The van der Waals surface area contributed by atoms with Crippen LogP contribution < -0.4 is 3.79 Å². The summed E-state index contributed by atoms with van der Waals surface area (Å²) >= 11 is -0.443. The normalized spacial score (nSPS) is 12.4. The van der Waals surface area contributed by atoms with Crippen LogP contribution in [0.15, 0.2) is 18.2 Å². The summed E-state index contributed by atoms with van der Waals surface area (Å²) in [5, 5.41) is 0. The van der Waals surface area contributed by atoms with Crippen molar-refractivity contribution in [3.8, 4) is 5.75 Å². The maximum Gasteiger partial charge on any atom is 0.518 e. The van der Waals surface area contributed by atoms with Gasteiger partial charge < -0.3 is 3.79 Å². The van der Waals surface area contributed by atoms with Crippen molar-refractivity contribution in [1.82, 2.24) is 0 Å². The molecule has 0 amide bonds. The summed E-state index contributed by atoms with van der Waals surface area (Å²) in [6.45, 7) is 13.5. The fraction of sp³-hybridized carbons (Fsp3) is 0.600. The van der Waals surface area contributed by atoms with Crippen LogP contribution in [0.5, 0.6) is 5.75 Å². The van der Waals surface area contributed by atoms with Crippen molar-refractivity contribution in [3.05, 3.63) is 29.3 Å². The number of rotatable bonds is 2. The monoisotopic (exact) mass is 248 g/mol. The zero-order valence-corrected chi connectivity index (χ0v) is 13.8. The van der Waals surface area contributed by atoms with Gasteiger partial charge >= 0.3 is 15.6 Å². The molecule has 0 atom stereocenters. The van der Waals surface area contributed by atoms with Gasteiger partial charge in [0.1, 0.15) is 0 Å². The SMILES string of the molecule is [CH3][AlH][O]c1c(C(C)(C)C)cccc1C(C)(C)C. The van der Waals surface area contributed by atoms with E-state index in [4.69, 9.17) is 3.79 Å². The molecule has 0 N–H and O–H groups in total. The molecule has 0 saturated heterocycles. The Kier molecular flexibility index (Phi) is 4.34. The Balaban J connectivity index is 3.43. The highest BCUT2D eigenvalue weighted by Crippen LogP contribution is 2.39. The Morgan fingerprint density at radius 1 is 0.882 bits per heavy atom. The fourth-order valence-electron chi connectivity index (χ4n) is 2.02. The zero-order valence-electron chi connectivity index (χ0n) is 12.3. The molecule has 0 radical (unpaired) electrons. The van der Waals surface area contributed by atoms with E-state index < -0.39 is 15.6 Å². The van der Waals surface area contributed by atoms with Gasteiger partial charge in [-0.1, -0.05) is 65.5 Å². The van der Waals surface area contributed by atoms with E-state index in [0.717, 1.165) is 5.75 Å². The first kappa shape index (κ1) is 14.6. The van der Waals surface area contributed by atoms with E-state index in [1.807, 2.05) is 0 Å². The van der Waals surface area contributed by atoms with Crippen molar-refractivity contribution in [3.63, 3.8) is 0 Å². The average molecular weight is 248 g/mol. The molecule has 0 aliphatic heterocycles. The summed E-state index contributed by atoms with van der Waals surface area (Å²) in [5.41, 5.74) is 2.94. The Morgan fingerprint density at radius 3 is 1.59 bits per heavy atom. The number of hydrogen-bond donors (Lipinski definition) is 0. The molecule has 17 heavy (non-hydrogen) atoms. The first-order chi connectivity index (χ1) is 7.68. The standard InChI is InChI=1S/C14H22O.CH3.Al.H/c1-13(2,3)10-8-7-9-11(12(10)15)14(4,5)6;;;/h7-9,15H,1-6H3;1H3;;/q;;+1;/p-1. The first-order valence-corrected chi connectivity index (χ1v) is 8.44.